The van der Waals surface area contributed by atoms with Crippen molar-refractivity contribution in [3.05, 3.63) is 16.1 Å². The molecule has 116 valence electrons. The van der Waals surface area contributed by atoms with Crippen molar-refractivity contribution < 1.29 is 19.0 Å². The van der Waals surface area contributed by atoms with Crippen LogP contribution in [0.5, 0.6) is 0 Å². The molecule has 0 radical (unpaired) electrons. The second-order valence-corrected chi connectivity index (χ2v) is 6.35. The van der Waals surface area contributed by atoms with Crippen LogP contribution in [0.1, 0.15) is 34.4 Å². The van der Waals surface area contributed by atoms with E-state index < -0.39 is 0 Å². The van der Waals surface area contributed by atoms with Gasteiger partial charge in [-0.1, -0.05) is 0 Å². The van der Waals surface area contributed by atoms with Crippen LogP contribution >= 0.6 is 11.3 Å². The van der Waals surface area contributed by atoms with Crippen LogP contribution in [-0.4, -0.2) is 54.6 Å². The van der Waals surface area contributed by atoms with E-state index in [9.17, 15) is 4.79 Å². The fourth-order valence-corrected chi connectivity index (χ4v) is 3.57. The van der Waals surface area contributed by atoms with Crippen LogP contribution < -0.4 is 0 Å². The summed E-state index contributed by atoms with van der Waals surface area (Å²) in [5.74, 6) is -0.667. The van der Waals surface area contributed by atoms with Crippen molar-refractivity contribution in [2.45, 2.75) is 32.1 Å². The second kappa shape index (κ2) is 6.39. The highest BCUT2D eigenvalue weighted by Gasteiger charge is 2.39. The van der Waals surface area contributed by atoms with Gasteiger partial charge in [-0.25, -0.2) is 9.78 Å². The van der Waals surface area contributed by atoms with Crippen LogP contribution in [0.2, 0.25) is 0 Å². The Labute approximate surface area is 128 Å². The van der Waals surface area contributed by atoms with E-state index >= 15 is 0 Å². The number of piperidine rings is 1. The molecule has 0 bridgehead atoms. The van der Waals surface area contributed by atoms with Crippen molar-refractivity contribution >= 4 is 17.3 Å². The van der Waals surface area contributed by atoms with Gasteiger partial charge in [-0.05, 0) is 6.92 Å². The molecule has 21 heavy (non-hydrogen) atoms. The van der Waals surface area contributed by atoms with Gasteiger partial charge in [0.25, 0.3) is 0 Å². The third-order valence-corrected chi connectivity index (χ3v) is 4.78. The summed E-state index contributed by atoms with van der Waals surface area (Å²) in [6, 6.07) is 0. The molecule has 1 aromatic heterocycles. The molecule has 0 amide bonds. The topological polar surface area (TPSA) is 60.9 Å². The number of aromatic nitrogens is 1. The molecule has 0 aromatic carbocycles. The van der Waals surface area contributed by atoms with E-state index in [-0.39, 0.29) is 11.8 Å². The lowest BCUT2D eigenvalue weighted by atomic mass is 10.0. The average molecular weight is 312 g/mol. The number of likely N-dealkylation sites (tertiary alicyclic amines) is 1. The Balaban J connectivity index is 1.52. The lowest BCUT2D eigenvalue weighted by molar-refractivity contribution is -0.185. The molecular weight excluding hydrogens is 292 g/mol. The first kappa shape index (κ1) is 14.9. The van der Waals surface area contributed by atoms with Crippen LogP contribution in [-0.2, 0) is 20.8 Å². The maximum Gasteiger partial charge on any atom is 0.367 e. The van der Waals surface area contributed by atoms with Crippen LogP contribution in [0.4, 0.5) is 0 Å². The van der Waals surface area contributed by atoms with Gasteiger partial charge in [-0.2, -0.15) is 0 Å². The van der Waals surface area contributed by atoms with Gasteiger partial charge < -0.3 is 14.2 Å². The summed E-state index contributed by atoms with van der Waals surface area (Å²) in [5, 5.41) is 0.433. The molecule has 0 unspecified atom stereocenters. The Morgan fingerprint density at radius 3 is 2.81 bits per heavy atom. The molecule has 2 aliphatic heterocycles. The van der Waals surface area contributed by atoms with Crippen LogP contribution in [0, 0.1) is 0 Å². The summed E-state index contributed by atoms with van der Waals surface area (Å²) in [5.41, 5.74) is 0. The van der Waals surface area contributed by atoms with E-state index in [0.29, 0.717) is 24.8 Å². The SMILES string of the molecule is CCOC(=O)c1ncc(CN2CCC3(CC2)OCCO3)s1. The van der Waals surface area contributed by atoms with Gasteiger partial charge >= 0.3 is 5.97 Å². The minimum atomic E-state index is -0.334. The number of carbonyl (C=O) groups is 1. The highest BCUT2D eigenvalue weighted by molar-refractivity contribution is 7.13. The molecule has 1 aromatic rings. The van der Waals surface area contributed by atoms with Gasteiger partial charge in [0.1, 0.15) is 0 Å². The monoisotopic (exact) mass is 312 g/mol. The predicted octanol–water partition coefficient (Wildman–Crippen LogP) is 1.66. The zero-order valence-corrected chi connectivity index (χ0v) is 13.0. The van der Waals surface area contributed by atoms with Crippen LogP contribution in [0.25, 0.3) is 0 Å². The Bertz CT molecular complexity index is 489. The maximum absolute atomic E-state index is 11.6. The average Bonchev–Trinajstić information content (AvgIpc) is 3.12. The molecule has 6 nitrogen and oxygen atoms in total. The number of hydrogen-bond acceptors (Lipinski definition) is 7. The summed E-state index contributed by atoms with van der Waals surface area (Å²) >= 11 is 1.41. The number of esters is 1. The minimum absolute atomic E-state index is 0.333. The Kier molecular flexibility index (Phi) is 4.54. The Morgan fingerprint density at radius 1 is 1.43 bits per heavy atom. The zero-order chi connectivity index (χ0) is 14.7. The first-order chi connectivity index (χ1) is 10.2. The van der Waals surface area contributed by atoms with E-state index in [1.165, 1.54) is 11.3 Å². The standard InChI is InChI=1S/C14H20N2O4S/c1-2-18-13(17)12-15-9-11(21-12)10-16-5-3-14(4-6-16)19-7-8-20-14/h9H,2-8,10H2,1H3. The first-order valence-electron chi connectivity index (χ1n) is 7.33. The number of nitrogens with zero attached hydrogens (tertiary/aromatic N) is 2. The molecule has 2 aliphatic rings. The fourth-order valence-electron chi connectivity index (χ4n) is 2.73. The summed E-state index contributed by atoms with van der Waals surface area (Å²) in [7, 11) is 0. The van der Waals surface area contributed by atoms with E-state index in [4.69, 9.17) is 14.2 Å². The number of thiazole rings is 1. The molecule has 3 rings (SSSR count). The Morgan fingerprint density at radius 2 is 2.14 bits per heavy atom. The second-order valence-electron chi connectivity index (χ2n) is 5.24. The molecule has 0 saturated carbocycles. The first-order valence-corrected chi connectivity index (χ1v) is 8.14. The van der Waals surface area contributed by atoms with Gasteiger partial charge in [0, 0.05) is 43.5 Å². The van der Waals surface area contributed by atoms with E-state index in [0.717, 1.165) is 37.4 Å². The third-order valence-electron chi connectivity index (χ3n) is 3.81. The molecule has 1 spiro atoms. The molecule has 0 aliphatic carbocycles. The summed E-state index contributed by atoms with van der Waals surface area (Å²) < 4.78 is 16.4. The van der Waals surface area contributed by atoms with Crippen molar-refractivity contribution in [3.8, 4) is 0 Å². The molecule has 2 fully saturated rings. The zero-order valence-electron chi connectivity index (χ0n) is 12.2. The summed E-state index contributed by atoms with van der Waals surface area (Å²) in [4.78, 5) is 19.2. The van der Waals surface area contributed by atoms with Crippen LogP contribution in [0.3, 0.4) is 0 Å². The number of hydrogen-bond donors (Lipinski definition) is 0. The highest BCUT2D eigenvalue weighted by Crippen LogP contribution is 2.32. The van der Waals surface area contributed by atoms with E-state index in [2.05, 4.69) is 9.88 Å². The van der Waals surface area contributed by atoms with E-state index in [1.807, 2.05) is 0 Å². The van der Waals surface area contributed by atoms with Gasteiger partial charge in [0.05, 0.1) is 19.8 Å². The van der Waals surface area contributed by atoms with Crippen molar-refractivity contribution in [2.24, 2.45) is 0 Å². The highest BCUT2D eigenvalue weighted by atomic mass is 32.1. The van der Waals surface area contributed by atoms with Gasteiger partial charge in [-0.3, -0.25) is 4.90 Å². The van der Waals surface area contributed by atoms with Gasteiger partial charge in [0.2, 0.25) is 5.01 Å². The molecule has 2 saturated heterocycles. The number of ether oxygens (including phenoxy) is 3. The lowest BCUT2D eigenvalue weighted by Crippen LogP contribution is -2.44. The fraction of sp³-hybridized carbons (Fsp3) is 0.714. The Hall–Kier alpha value is -1.02. The largest absolute Gasteiger partial charge is 0.461 e. The number of carbonyl (C=O) groups excluding carboxylic acids is 1. The molecule has 0 atom stereocenters. The molecule has 7 heteroatoms. The maximum atomic E-state index is 11.6. The normalized spacial score (nSPS) is 21.8. The van der Waals surface area contributed by atoms with Gasteiger partial charge in [0.15, 0.2) is 5.79 Å². The third kappa shape index (κ3) is 3.42. The smallest absolute Gasteiger partial charge is 0.367 e. The predicted molar refractivity (Wildman–Crippen MR) is 77.2 cm³/mol. The quantitative estimate of drug-likeness (QED) is 0.788. The van der Waals surface area contributed by atoms with Crippen molar-refractivity contribution in [1.82, 2.24) is 9.88 Å². The molecule has 3 heterocycles. The van der Waals surface area contributed by atoms with Crippen molar-refractivity contribution in [1.29, 1.82) is 0 Å². The molecular formula is C14H20N2O4S. The summed E-state index contributed by atoms with van der Waals surface area (Å²) in [6.07, 6.45) is 3.57. The summed E-state index contributed by atoms with van der Waals surface area (Å²) in [6.45, 7) is 6.27. The van der Waals surface area contributed by atoms with Crippen molar-refractivity contribution in [2.75, 3.05) is 32.9 Å². The number of rotatable bonds is 4. The van der Waals surface area contributed by atoms with E-state index in [1.54, 1.807) is 13.1 Å². The van der Waals surface area contributed by atoms with Crippen LogP contribution in [0.15, 0.2) is 6.20 Å². The van der Waals surface area contributed by atoms with Gasteiger partial charge in [-0.15, -0.1) is 11.3 Å². The van der Waals surface area contributed by atoms with Crippen molar-refractivity contribution in [3.63, 3.8) is 0 Å². The lowest BCUT2D eigenvalue weighted by Gasteiger charge is -2.37. The minimum Gasteiger partial charge on any atom is -0.461 e. The molecule has 0 N–H and O–H groups in total.